The normalized spacial score (nSPS) is 20.0. The Labute approximate surface area is 187 Å². The van der Waals surface area contributed by atoms with E-state index in [4.69, 9.17) is 17.5 Å². The molecule has 1 saturated carbocycles. The van der Waals surface area contributed by atoms with Crippen LogP contribution in [-0.2, 0) is 15.8 Å². The van der Waals surface area contributed by atoms with Gasteiger partial charge in [0.05, 0.1) is 17.4 Å². The number of nitrogens with zero attached hydrogens (tertiary/aromatic N) is 4. The maximum Gasteiger partial charge on any atom is 0.419 e. The number of carbonyl (C=O) groups excluding carboxylic acids is 2. The fourth-order valence-corrected chi connectivity index (χ4v) is 4.77. The van der Waals surface area contributed by atoms with Crippen LogP contribution in [0.1, 0.15) is 43.4 Å². The summed E-state index contributed by atoms with van der Waals surface area (Å²) in [7, 11) is 1.54. The number of alkyl halides is 3. The molecule has 7 nitrogen and oxygen atoms in total. The van der Waals surface area contributed by atoms with Crippen LogP contribution >= 0.6 is 12.2 Å². The first kappa shape index (κ1) is 22.0. The molecule has 1 N–H and O–H groups in total. The third kappa shape index (κ3) is 3.26. The number of hydrogen-bond acceptors (Lipinski definition) is 5. The van der Waals surface area contributed by atoms with E-state index < -0.39 is 28.9 Å². The van der Waals surface area contributed by atoms with Crippen molar-refractivity contribution in [2.24, 2.45) is 0 Å². The first-order chi connectivity index (χ1) is 15.1. The highest BCUT2D eigenvalue weighted by Crippen LogP contribution is 2.49. The van der Waals surface area contributed by atoms with Gasteiger partial charge < -0.3 is 10.2 Å². The second-order valence-electron chi connectivity index (χ2n) is 7.77. The van der Waals surface area contributed by atoms with Crippen molar-refractivity contribution in [3.05, 3.63) is 46.9 Å². The van der Waals surface area contributed by atoms with Gasteiger partial charge in [-0.05, 0) is 56.5 Å². The molecule has 11 heteroatoms. The molecule has 1 spiro atoms. The Kier molecular flexibility index (Phi) is 5.29. The lowest BCUT2D eigenvalue weighted by atomic mass is 9.75. The standard InChI is InChI=1S/C21H18F3N5O2S/c1-26-17(30)12-3-5-13(6-4-12)29-19(32)28(18(31)20(29)7-2-8-20)14-9-15(21(22,23)24)16(10-25)27-11-14/h3,5,9,11H,2,4,6-8H2,1H3,(H,26,30). The van der Waals surface area contributed by atoms with E-state index >= 15 is 0 Å². The number of aromatic nitrogens is 1. The van der Waals surface area contributed by atoms with Gasteiger partial charge in [0.1, 0.15) is 11.6 Å². The summed E-state index contributed by atoms with van der Waals surface area (Å²) in [6.45, 7) is 0. The van der Waals surface area contributed by atoms with Gasteiger partial charge in [-0.15, -0.1) is 0 Å². The van der Waals surface area contributed by atoms with Crippen LogP contribution in [0, 0.1) is 11.3 Å². The molecule has 0 bridgehead atoms. The Morgan fingerprint density at radius 2 is 2.03 bits per heavy atom. The van der Waals surface area contributed by atoms with Gasteiger partial charge in [0.25, 0.3) is 5.91 Å². The lowest BCUT2D eigenvalue weighted by Crippen LogP contribution is -2.54. The number of rotatable bonds is 3. The molecule has 0 aromatic carbocycles. The Morgan fingerprint density at radius 3 is 2.53 bits per heavy atom. The second-order valence-corrected chi connectivity index (χ2v) is 8.14. The number of anilines is 1. The zero-order chi connectivity index (χ0) is 23.3. The molecule has 0 unspecified atom stereocenters. The number of halogens is 3. The van der Waals surface area contributed by atoms with E-state index in [0.29, 0.717) is 31.3 Å². The molecule has 1 aromatic rings. The molecule has 2 amide bonds. The van der Waals surface area contributed by atoms with Gasteiger partial charge in [-0.3, -0.25) is 14.5 Å². The fourth-order valence-electron chi connectivity index (χ4n) is 4.29. The summed E-state index contributed by atoms with van der Waals surface area (Å²) in [5.41, 5.74) is -1.74. The first-order valence-corrected chi connectivity index (χ1v) is 10.3. The molecule has 166 valence electrons. The third-order valence-corrected chi connectivity index (χ3v) is 6.43. The van der Waals surface area contributed by atoms with Crippen molar-refractivity contribution in [1.29, 1.82) is 5.26 Å². The van der Waals surface area contributed by atoms with Crippen molar-refractivity contribution in [3.8, 4) is 6.07 Å². The van der Waals surface area contributed by atoms with Gasteiger partial charge in [0.15, 0.2) is 10.8 Å². The number of hydrogen-bond donors (Lipinski definition) is 1. The largest absolute Gasteiger partial charge is 0.419 e. The minimum absolute atomic E-state index is 0.0670. The highest BCUT2D eigenvalue weighted by Gasteiger charge is 2.60. The lowest BCUT2D eigenvalue weighted by molar-refractivity contribution is -0.138. The SMILES string of the molecule is CNC(=O)C1=CC=C(N2C(=S)N(c3cnc(C#N)c(C(F)(F)F)c3)C(=O)C23CCC3)CC1. The Balaban J connectivity index is 1.75. The van der Waals surface area contributed by atoms with E-state index in [0.717, 1.165) is 29.3 Å². The van der Waals surface area contributed by atoms with Crippen molar-refractivity contribution < 1.29 is 22.8 Å². The Hall–Kier alpha value is -3.26. The summed E-state index contributed by atoms with van der Waals surface area (Å²) in [6.07, 6.45) is 2.38. The Morgan fingerprint density at radius 1 is 1.31 bits per heavy atom. The molecular weight excluding hydrogens is 443 g/mol. The zero-order valence-corrected chi connectivity index (χ0v) is 17.8. The highest BCUT2D eigenvalue weighted by molar-refractivity contribution is 7.80. The molecule has 0 atom stereocenters. The summed E-state index contributed by atoms with van der Waals surface area (Å²) in [4.78, 5) is 31.7. The van der Waals surface area contributed by atoms with Crippen molar-refractivity contribution in [2.45, 2.75) is 43.8 Å². The lowest BCUT2D eigenvalue weighted by Gasteiger charge is -2.44. The van der Waals surface area contributed by atoms with Gasteiger partial charge in [0.2, 0.25) is 5.91 Å². The van der Waals surface area contributed by atoms with Crippen LogP contribution in [0.2, 0.25) is 0 Å². The molecule has 2 aliphatic carbocycles. The van der Waals surface area contributed by atoms with Crippen molar-refractivity contribution >= 4 is 34.8 Å². The summed E-state index contributed by atoms with van der Waals surface area (Å²) in [6, 6.07) is 2.17. The molecule has 32 heavy (non-hydrogen) atoms. The molecule has 4 rings (SSSR count). The topological polar surface area (TPSA) is 89.3 Å². The monoisotopic (exact) mass is 461 g/mol. The second kappa shape index (κ2) is 7.70. The number of thiocarbonyl (C=S) groups is 1. The summed E-state index contributed by atoms with van der Waals surface area (Å²) in [5.74, 6) is -0.598. The van der Waals surface area contributed by atoms with E-state index in [-0.39, 0.29) is 16.7 Å². The predicted molar refractivity (Wildman–Crippen MR) is 112 cm³/mol. The van der Waals surface area contributed by atoms with E-state index in [2.05, 4.69) is 10.3 Å². The van der Waals surface area contributed by atoms with Gasteiger partial charge in [-0.1, -0.05) is 6.08 Å². The molecule has 1 aliphatic heterocycles. The molecule has 0 radical (unpaired) electrons. The van der Waals surface area contributed by atoms with Crippen LogP contribution in [0.4, 0.5) is 18.9 Å². The summed E-state index contributed by atoms with van der Waals surface area (Å²) < 4.78 is 40.3. The smallest absolute Gasteiger partial charge is 0.355 e. The molecule has 1 saturated heterocycles. The summed E-state index contributed by atoms with van der Waals surface area (Å²) in [5, 5.41) is 11.6. The number of nitrogens with one attached hydrogen (secondary N) is 1. The van der Waals surface area contributed by atoms with Crippen LogP contribution in [0.25, 0.3) is 0 Å². The van der Waals surface area contributed by atoms with Gasteiger partial charge >= 0.3 is 6.18 Å². The number of likely N-dealkylation sites (N-methyl/N-ethyl adjacent to an activating group) is 1. The number of pyridine rings is 1. The molecule has 2 fully saturated rings. The minimum Gasteiger partial charge on any atom is -0.355 e. The minimum atomic E-state index is -4.81. The molecular formula is C21H18F3N5O2S. The van der Waals surface area contributed by atoms with Crippen LogP contribution in [-0.4, -0.2) is 39.4 Å². The van der Waals surface area contributed by atoms with Crippen molar-refractivity contribution in [2.75, 3.05) is 11.9 Å². The first-order valence-electron chi connectivity index (χ1n) is 9.92. The molecule has 2 heterocycles. The maximum absolute atomic E-state index is 13.4. The van der Waals surface area contributed by atoms with Crippen LogP contribution in [0.5, 0.6) is 0 Å². The molecule has 1 aromatic heterocycles. The summed E-state index contributed by atoms with van der Waals surface area (Å²) >= 11 is 5.57. The maximum atomic E-state index is 13.4. The van der Waals surface area contributed by atoms with E-state index in [1.54, 1.807) is 24.1 Å². The highest BCUT2D eigenvalue weighted by atomic mass is 32.1. The van der Waals surface area contributed by atoms with Crippen molar-refractivity contribution in [1.82, 2.24) is 15.2 Å². The van der Waals surface area contributed by atoms with E-state index in [9.17, 15) is 22.8 Å². The quantitative estimate of drug-likeness (QED) is 0.696. The van der Waals surface area contributed by atoms with Crippen molar-refractivity contribution in [3.63, 3.8) is 0 Å². The fraction of sp³-hybridized carbons (Fsp3) is 0.381. The van der Waals surface area contributed by atoms with Gasteiger partial charge in [0, 0.05) is 18.3 Å². The number of carbonyl (C=O) groups is 2. The van der Waals surface area contributed by atoms with Crippen LogP contribution < -0.4 is 10.2 Å². The van der Waals surface area contributed by atoms with Crippen LogP contribution in [0.3, 0.4) is 0 Å². The van der Waals surface area contributed by atoms with E-state index in [1.807, 2.05) is 0 Å². The Bertz CT molecular complexity index is 1130. The average molecular weight is 461 g/mol. The van der Waals surface area contributed by atoms with Gasteiger partial charge in [-0.25, -0.2) is 4.98 Å². The van der Waals surface area contributed by atoms with E-state index in [1.165, 1.54) is 6.07 Å². The average Bonchev–Trinajstić information content (AvgIpc) is 2.99. The number of nitriles is 1. The number of allylic oxidation sites excluding steroid dienone is 3. The van der Waals surface area contributed by atoms with Crippen LogP contribution in [0.15, 0.2) is 35.7 Å². The number of amides is 2. The van der Waals surface area contributed by atoms with Gasteiger partial charge in [-0.2, -0.15) is 18.4 Å². The predicted octanol–water partition coefficient (Wildman–Crippen LogP) is 3.18. The molecule has 3 aliphatic rings. The third-order valence-electron chi connectivity index (χ3n) is 6.07. The zero-order valence-electron chi connectivity index (χ0n) is 17.0.